The Morgan fingerprint density at radius 3 is 2.78 bits per heavy atom. The highest BCUT2D eigenvalue weighted by Crippen LogP contribution is 2.30. The molecule has 2 heteroatoms. The van der Waals surface area contributed by atoms with E-state index >= 15 is 0 Å². The van der Waals surface area contributed by atoms with E-state index in [4.69, 9.17) is 4.74 Å². The maximum atomic E-state index is 5.86. The first-order valence-electron chi connectivity index (χ1n) is 7.95. The zero-order chi connectivity index (χ0) is 13.0. The smallest absolute Gasteiger partial charge is 0.0779 e. The third kappa shape index (κ3) is 4.24. The van der Waals surface area contributed by atoms with Crippen LogP contribution in [0, 0.1) is 11.8 Å². The molecule has 1 aliphatic heterocycles. The average molecular weight is 253 g/mol. The van der Waals surface area contributed by atoms with Gasteiger partial charge in [0.15, 0.2) is 0 Å². The molecule has 1 aliphatic carbocycles. The van der Waals surface area contributed by atoms with Crippen molar-refractivity contribution in [1.82, 2.24) is 5.32 Å². The largest absolute Gasteiger partial charge is 0.374 e. The Hall–Kier alpha value is -0.0800. The molecule has 1 saturated carbocycles. The summed E-state index contributed by atoms with van der Waals surface area (Å²) in [7, 11) is 0. The molecule has 0 aromatic rings. The van der Waals surface area contributed by atoms with Crippen molar-refractivity contribution in [3.8, 4) is 0 Å². The van der Waals surface area contributed by atoms with Gasteiger partial charge in [0.1, 0.15) is 0 Å². The summed E-state index contributed by atoms with van der Waals surface area (Å²) >= 11 is 0. The van der Waals surface area contributed by atoms with Gasteiger partial charge in [-0.25, -0.2) is 0 Å². The summed E-state index contributed by atoms with van der Waals surface area (Å²) in [6.07, 6.45) is 9.47. The van der Waals surface area contributed by atoms with Gasteiger partial charge in [0, 0.05) is 19.2 Å². The van der Waals surface area contributed by atoms with Crippen LogP contribution in [0.4, 0.5) is 0 Å². The van der Waals surface area contributed by atoms with Crippen molar-refractivity contribution in [3.05, 3.63) is 0 Å². The lowest BCUT2D eigenvalue weighted by Crippen LogP contribution is -2.44. The lowest BCUT2D eigenvalue weighted by atomic mass is 9.81. The second-order valence-corrected chi connectivity index (χ2v) is 7.14. The van der Waals surface area contributed by atoms with Crippen molar-refractivity contribution in [2.45, 2.75) is 77.4 Å². The fourth-order valence-corrected chi connectivity index (χ4v) is 3.69. The summed E-state index contributed by atoms with van der Waals surface area (Å²) in [6, 6.07) is 0.739. The van der Waals surface area contributed by atoms with E-state index in [0.717, 1.165) is 31.0 Å². The molecule has 0 bridgehead atoms. The third-order valence-electron chi connectivity index (χ3n) is 4.65. The molecule has 2 rings (SSSR count). The SMILES string of the molecule is CC(C)CC1CCCC(NCC2(C)CCCO2)C1. The number of hydrogen-bond acceptors (Lipinski definition) is 2. The maximum Gasteiger partial charge on any atom is 0.0779 e. The molecule has 2 nitrogen and oxygen atoms in total. The first-order valence-corrected chi connectivity index (χ1v) is 7.95. The summed E-state index contributed by atoms with van der Waals surface area (Å²) in [5.41, 5.74) is 0.116. The van der Waals surface area contributed by atoms with Gasteiger partial charge < -0.3 is 10.1 Å². The second kappa shape index (κ2) is 6.38. The first-order chi connectivity index (χ1) is 8.57. The standard InChI is InChI=1S/C16H31NO/c1-13(2)10-14-6-4-7-15(11-14)17-12-16(3)8-5-9-18-16/h13-15,17H,4-12H2,1-3H3. The second-order valence-electron chi connectivity index (χ2n) is 7.14. The molecule has 0 amide bonds. The summed E-state index contributed by atoms with van der Waals surface area (Å²) in [5.74, 6) is 1.80. The molecule has 0 aromatic heterocycles. The zero-order valence-electron chi connectivity index (χ0n) is 12.5. The Morgan fingerprint density at radius 2 is 2.11 bits per heavy atom. The lowest BCUT2D eigenvalue weighted by molar-refractivity contribution is 0.0169. The van der Waals surface area contributed by atoms with Crippen LogP contribution >= 0.6 is 0 Å². The first kappa shape index (κ1) is 14.3. The van der Waals surface area contributed by atoms with Gasteiger partial charge in [-0.05, 0) is 50.9 Å². The van der Waals surface area contributed by atoms with Crippen LogP contribution in [-0.2, 0) is 4.74 Å². The van der Waals surface area contributed by atoms with Crippen molar-refractivity contribution in [2.75, 3.05) is 13.2 Å². The van der Waals surface area contributed by atoms with Crippen molar-refractivity contribution >= 4 is 0 Å². The van der Waals surface area contributed by atoms with Crippen LogP contribution in [0.3, 0.4) is 0 Å². The van der Waals surface area contributed by atoms with Crippen LogP contribution in [0.1, 0.15) is 65.7 Å². The maximum absolute atomic E-state index is 5.86. The number of hydrogen-bond donors (Lipinski definition) is 1. The summed E-state index contributed by atoms with van der Waals surface area (Å²) in [4.78, 5) is 0. The van der Waals surface area contributed by atoms with Gasteiger partial charge in [-0.1, -0.05) is 26.7 Å². The van der Waals surface area contributed by atoms with E-state index in [0.29, 0.717) is 0 Å². The molecule has 1 saturated heterocycles. The summed E-state index contributed by atoms with van der Waals surface area (Å²) in [6.45, 7) is 8.97. The van der Waals surface area contributed by atoms with E-state index in [-0.39, 0.29) is 5.60 Å². The van der Waals surface area contributed by atoms with Crippen LogP contribution in [-0.4, -0.2) is 24.8 Å². The van der Waals surface area contributed by atoms with E-state index in [2.05, 4.69) is 26.1 Å². The van der Waals surface area contributed by atoms with Gasteiger partial charge in [-0.2, -0.15) is 0 Å². The lowest BCUT2D eigenvalue weighted by Gasteiger charge is -2.33. The van der Waals surface area contributed by atoms with Crippen LogP contribution in [0.2, 0.25) is 0 Å². The Balaban J connectivity index is 1.72. The fraction of sp³-hybridized carbons (Fsp3) is 1.00. The minimum Gasteiger partial charge on any atom is -0.374 e. The van der Waals surface area contributed by atoms with E-state index < -0.39 is 0 Å². The molecule has 3 atom stereocenters. The van der Waals surface area contributed by atoms with E-state index in [9.17, 15) is 0 Å². The summed E-state index contributed by atoms with van der Waals surface area (Å²) < 4.78 is 5.86. The predicted molar refractivity (Wildman–Crippen MR) is 76.8 cm³/mol. The normalized spacial score (nSPS) is 37.3. The molecule has 0 radical (unpaired) electrons. The Bertz CT molecular complexity index is 245. The average Bonchev–Trinajstić information content (AvgIpc) is 2.74. The van der Waals surface area contributed by atoms with Gasteiger partial charge >= 0.3 is 0 Å². The molecule has 3 unspecified atom stereocenters. The Kier molecular flexibility index (Phi) is 5.08. The van der Waals surface area contributed by atoms with Gasteiger partial charge in [0.2, 0.25) is 0 Å². The number of ether oxygens (including phenoxy) is 1. The van der Waals surface area contributed by atoms with E-state index in [1.165, 1.54) is 44.9 Å². The van der Waals surface area contributed by atoms with Gasteiger partial charge in [0.05, 0.1) is 5.60 Å². The molecule has 0 aromatic carbocycles. The number of nitrogens with one attached hydrogen (secondary N) is 1. The van der Waals surface area contributed by atoms with Gasteiger partial charge in [-0.3, -0.25) is 0 Å². The molecular formula is C16H31NO. The van der Waals surface area contributed by atoms with Crippen LogP contribution in [0.15, 0.2) is 0 Å². The third-order valence-corrected chi connectivity index (χ3v) is 4.65. The molecule has 0 spiro atoms. The minimum absolute atomic E-state index is 0.116. The molecule has 2 fully saturated rings. The molecule has 1 heterocycles. The van der Waals surface area contributed by atoms with Crippen LogP contribution in [0.5, 0.6) is 0 Å². The van der Waals surface area contributed by atoms with Gasteiger partial charge in [-0.15, -0.1) is 0 Å². The predicted octanol–water partition coefficient (Wildman–Crippen LogP) is 3.75. The highest BCUT2D eigenvalue weighted by molar-refractivity contribution is 4.86. The molecule has 2 aliphatic rings. The highest BCUT2D eigenvalue weighted by Gasteiger charge is 2.31. The Morgan fingerprint density at radius 1 is 1.28 bits per heavy atom. The van der Waals surface area contributed by atoms with Crippen molar-refractivity contribution in [3.63, 3.8) is 0 Å². The fourth-order valence-electron chi connectivity index (χ4n) is 3.69. The van der Waals surface area contributed by atoms with Crippen molar-refractivity contribution in [2.24, 2.45) is 11.8 Å². The Labute approximate surface area is 113 Å². The van der Waals surface area contributed by atoms with E-state index in [1.807, 2.05) is 0 Å². The van der Waals surface area contributed by atoms with Gasteiger partial charge in [0.25, 0.3) is 0 Å². The minimum atomic E-state index is 0.116. The topological polar surface area (TPSA) is 21.3 Å². The van der Waals surface area contributed by atoms with E-state index in [1.54, 1.807) is 0 Å². The number of rotatable bonds is 5. The van der Waals surface area contributed by atoms with Crippen molar-refractivity contribution in [1.29, 1.82) is 0 Å². The molecule has 106 valence electrons. The van der Waals surface area contributed by atoms with Crippen molar-refractivity contribution < 1.29 is 4.74 Å². The van der Waals surface area contributed by atoms with Crippen LogP contribution < -0.4 is 5.32 Å². The molecular weight excluding hydrogens is 222 g/mol. The molecule has 18 heavy (non-hydrogen) atoms. The van der Waals surface area contributed by atoms with Crippen LogP contribution in [0.25, 0.3) is 0 Å². The zero-order valence-corrected chi connectivity index (χ0v) is 12.5. The highest BCUT2D eigenvalue weighted by atomic mass is 16.5. The quantitative estimate of drug-likeness (QED) is 0.805. The monoisotopic (exact) mass is 253 g/mol. The summed E-state index contributed by atoms with van der Waals surface area (Å²) in [5, 5.41) is 3.78. The molecule has 1 N–H and O–H groups in total.